The Kier molecular flexibility index (Phi) is 3.83. The maximum atomic E-state index is 6.23. The number of fused-ring (bicyclic) bond motifs is 1. The van der Waals surface area contributed by atoms with Crippen molar-refractivity contribution in [3.8, 4) is 11.6 Å². The zero-order chi connectivity index (χ0) is 16.7. The first-order valence-corrected chi connectivity index (χ1v) is 8.33. The number of hydrogen-bond donors (Lipinski definition) is 0. The van der Waals surface area contributed by atoms with Crippen molar-refractivity contribution >= 4 is 34.2 Å². The van der Waals surface area contributed by atoms with Crippen molar-refractivity contribution in [1.29, 1.82) is 0 Å². The van der Waals surface area contributed by atoms with Gasteiger partial charge in [0, 0.05) is 6.54 Å². The van der Waals surface area contributed by atoms with Crippen molar-refractivity contribution in [2.24, 2.45) is 0 Å². The molecule has 0 fully saturated rings. The highest BCUT2D eigenvalue weighted by Crippen LogP contribution is 2.32. The van der Waals surface area contributed by atoms with Gasteiger partial charge in [-0.2, -0.15) is 0 Å². The zero-order valence-electron chi connectivity index (χ0n) is 13.0. The first kappa shape index (κ1) is 15.3. The highest BCUT2D eigenvalue weighted by molar-refractivity contribution is 6.42. The van der Waals surface area contributed by atoms with Gasteiger partial charge in [0.05, 0.1) is 21.1 Å². The van der Waals surface area contributed by atoms with Gasteiger partial charge >= 0.3 is 0 Å². The summed E-state index contributed by atoms with van der Waals surface area (Å²) < 4.78 is 7.89. The maximum absolute atomic E-state index is 6.23. The zero-order valence-corrected chi connectivity index (χ0v) is 14.5. The highest BCUT2D eigenvalue weighted by Gasteiger charge is 2.17. The van der Waals surface area contributed by atoms with E-state index in [9.17, 15) is 0 Å². The number of furan rings is 1. The molecular weight excluding hydrogens is 343 g/mol. The molecule has 0 aliphatic heterocycles. The average molecular weight is 357 g/mol. The number of halogens is 2. The van der Waals surface area contributed by atoms with Crippen LogP contribution in [0.15, 0.2) is 59.0 Å². The van der Waals surface area contributed by atoms with E-state index in [1.165, 1.54) is 5.56 Å². The number of hydrogen-bond acceptors (Lipinski definition) is 2. The molecule has 2 aromatic heterocycles. The number of nitrogens with zero attached hydrogens (tertiary/aromatic N) is 2. The van der Waals surface area contributed by atoms with Crippen LogP contribution in [-0.4, -0.2) is 9.55 Å². The van der Waals surface area contributed by atoms with E-state index in [0.717, 1.165) is 28.4 Å². The molecule has 0 spiro atoms. The molecule has 24 heavy (non-hydrogen) atoms. The Morgan fingerprint density at radius 3 is 2.46 bits per heavy atom. The molecule has 0 N–H and O–H groups in total. The van der Waals surface area contributed by atoms with Gasteiger partial charge in [-0.05, 0) is 36.8 Å². The Hall–Kier alpha value is -2.23. The average Bonchev–Trinajstić information content (AvgIpc) is 3.14. The molecule has 2 heterocycles. The molecule has 120 valence electrons. The largest absolute Gasteiger partial charge is 0.458 e. The van der Waals surface area contributed by atoms with Gasteiger partial charge in [0.2, 0.25) is 0 Å². The fraction of sp³-hybridized carbons (Fsp3) is 0.105. The van der Waals surface area contributed by atoms with Crippen molar-refractivity contribution in [3.63, 3.8) is 0 Å². The monoisotopic (exact) mass is 356 g/mol. The quantitative estimate of drug-likeness (QED) is 0.453. The number of aromatic nitrogens is 2. The lowest BCUT2D eigenvalue weighted by Crippen LogP contribution is -2.01. The molecule has 2 aromatic carbocycles. The molecule has 0 bridgehead atoms. The molecule has 0 aliphatic rings. The number of rotatable bonds is 3. The Labute approximate surface area is 149 Å². The standard InChI is InChI=1S/C19H14Cl2N2O/c1-12-7-8-18(24-12)19-22-16-9-14(20)15(21)10-17(16)23(19)11-13-5-3-2-4-6-13/h2-10H,11H2,1H3. The van der Waals surface area contributed by atoms with Crippen LogP contribution in [0.25, 0.3) is 22.6 Å². The fourth-order valence-corrected chi connectivity index (χ4v) is 3.10. The van der Waals surface area contributed by atoms with Gasteiger partial charge in [-0.3, -0.25) is 0 Å². The first-order chi connectivity index (χ1) is 11.6. The molecule has 0 amide bonds. The molecule has 0 unspecified atom stereocenters. The third-order valence-electron chi connectivity index (χ3n) is 3.93. The summed E-state index contributed by atoms with van der Waals surface area (Å²) in [5.41, 5.74) is 2.90. The SMILES string of the molecule is Cc1ccc(-c2nc3cc(Cl)c(Cl)cc3n2Cc2ccccc2)o1. The van der Waals surface area contributed by atoms with E-state index in [0.29, 0.717) is 16.6 Å². The Bertz CT molecular complexity index is 1020. The Morgan fingerprint density at radius 1 is 1.00 bits per heavy atom. The van der Waals surface area contributed by atoms with Crippen molar-refractivity contribution in [2.75, 3.05) is 0 Å². The molecule has 0 saturated heterocycles. The topological polar surface area (TPSA) is 31.0 Å². The molecule has 5 heteroatoms. The second kappa shape index (κ2) is 6.00. The lowest BCUT2D eigenvalue weighted by atomic mass is 10.2. The fourth-order valence-electron chi connectivity index (χ4n) is 2.79. The van der Waals surface area contributed by atoms with Gasteiger partial charge in [-0.25, -0.2) is 4.98 Å². The van der Waals surface area contributed by atoms with E-state index in [4.69, 9.17) is 32.6 Å². The molecule has 0 aliphatic carbocycles. The van der Waals surface area contributed by atoms with Crippen LogP contribution in [-0.2, 0) is 6.54 Å². The van der Waals surface area contributed by atoms with Crippen molar-refractivity contribution in [1.82, 2.24) is 9.55 Å². The highest BCUT2D eigenvalue weighted by atomic mass is 35.5. The summed E-state index contributed by atoms with van der Waals surface area (Å²) in [6.07, 6.45) is 0. The van der Waals surface area contributed by atoms with Gasteiger partial charge < -0.3 is 8.98 Å². The smallest absolute Gasteiger partial charge is 0.177 e. The molecule has 4 aromatic rings. The normalized spacial score (nSPS) is 11.3. The summed E-state index contributed by atoms with van der Waals surface area (Å²) in [6.45, 7) is 2.59. The van der Waals surface area contributed by atoms with Gasteiger partial charge in [-0.15, -0.1) is 0 Å². The third-order valence-corrected chi connectivity index (χ3v) is 4.66. The summed E-state index contributed by atoms with van der Waals surface area (Å²) in [5.74, 6) is 2.34. The van der Waals surface area contributed by atoms with E-state index >= 15 is 0 Å². The number of imidazole rings is 1. The van der Waals surface area contributed by atoms with Crippen molar-refractivity contribution < 1.29 is 4.42 Å². The van der Waals surface area contributed by atoms with Crippen LogP contribution >= 0.6 is 23.2 Å². The first-order valence-electron chi connectivity index (χ1n) is 7.58. The Balaban J connectivity index is 1.94. The molecule has 3 nitrogen and oxygen atoms in total. The van der Waals surface area contributed by atoms with E-state index in [1.807, 2.05) is 43.3 Å². The predicted octanol–water partition coefficient (Wildman–Crippen LogP) is 5.96. The summed E-state index contributed by atoms with van der Waals surface area (Å²) in [7, 11) is 0. The molecule has 0 atom stereocenters. The van der Waals surface area contributed by atoms with E-state index in [-0.39, 0.29) is 0 Å². The molecule has 0 radical (unpaired) electrons. The van der Waals surface area contributed by atoms with Crippen molar-refractivity contribution in [2.45, 2.75) is 13.5 Å². The number of aryl methyl sites for hydroxylation is 1. The second-order valence-corrected chi connectivity index (χ2v) is 6.49. The van der Waals surface area contributed by atoms with Gasteiger partial charge in [-0.1, -0.05) is 53.5 Å². The molecule has 4 rings (SSSR count). The predicted molar refractivity (Wildman–Crippen MR) is 97.7 cm³/mol. The Morgan fingerprint density at radius 2 is 1.75 bits per heavy atom. The van der Waals surface area contributed by atoms with E-state index in [2.05, 4.69) is 16.7 Å². The molecular formula is C19H14Cl2N2O. The van der Waals surface area contributed by atoms with Crippen LogP contribution < -0.4 is 0 Å². The van der Waals surface area contributed by atoms with Gasteiger partial charge in [0.25, 0.3) is 0 Å². The van der Waals surface area contributed by atoms with Crippen LogP contribution in [0.3, 0.4) is 0 Å². The summed E-state index contributed by atoms with van der Waals surface area (Å²) in [4.78, 5) is 4.72. The minimum absolute atomic E-state index is 0.496. The van der Waals surface area contributed by atoms with E-state index < -0.39 is 0 Å². The second-order valence-electron chi connectivity index (χ2n) is 5.67. The maximum Gasteiger partial charge on any atom is 0.177 e. The van der Waals surface area contributed by atoms with E-state index in [1.54, 1.807) is 6.07 Å². The summed E-state index contributed by atoms with van der Waals surface area (Å²) >= 11 is 12.4. The summed E-state index contributed by atoms with van der Waals surface area (Å²) in [5, 5.41) is 1.01. The number of benzene rings is 2. The lowest BCUT2D eigenvalue weighted by Gasteiger charge is -2.08. The van der Waals surface area contributed by atoms with Crippen LogP contribution in [0, 0.1) is 6.92 Å². The molecule has 0 saturated carbocycles. The van der Waals surface area contributed by atoms with Crippen LogP contribution in [0.2, 0.25) is 10.0 Å². The van der Waals surface area contributed by atoms with Crippen molar-refractivity contribution in [3.05, 3.63) is 76.0 Å². The summed E-state index contributed by atoms with van der Waals surface area (Å²) in [6, 6.07) is 17.7. The van der Waals surface area contributed by atoms with Gasteiger partial charge in [0.15, 0.2) is 11.6 Å². The van der Waals surface area contributed by atoms with Crippen LogP contribution in [0.1, 0.15) is 11.3 Å². The third kappa shape index (κ3) is 2.70. The minimum atomic E-state index is 0.496. The van der Waals surface area contributed by atoms with Crippen LogP contribution in [0.4, 0.5) is 0 Å². The van der Waals surface area contributed by atoms with Crippen LogP contribution in [0.5, 0.6) is 0 Å². The minimum Gasteiger partial charge on any atom is -0.458 e. The lowest BCUT2D eigenvalue weighted by molar-refractivity contribution is 0.540. The van der Waals surface area contributed by atoms with Gasteiger partial charge in [0.1, 0.15) is 5.76 Å².